The van der Waals surface area contributed by atoms with Crippen LogP contribution in [0.25, 0.3) is 5.69 Å². The predicted molar refractivity (Wildman–Crippen MR) is 107 cm³/mol. The molecule has 28 heavy (non-hydrogen) atoms. The zero-order valence-corrected chi connectivity index (χ0v) is 15.9. The van der Waals surface area contributed by atoms with E-state index in [4.69, 9.17) is 11.6 Å². The maximum absolute atomic E-state index is 12.0. The number of carbonyl (C=O) groups excluding carboxylic acids is 1. The first kappa shape index (κ1) is 19.3. The summed E-state index contributed by atoms with van der Waals surface area (Å²) in [5.41, 5.74) is 5.92. The van der Waals surface area contributed by atoms with E-state index in [0.717, 1.165) is 17.0 Å². The maximum Gasteiger partial charge on any atom is 0.337 e. The number of nitrogens with one attached hydrogen (secondary N) is 1. The third kappa shape index (κ3) is 3.94. The lowest BCUT2D eigenvalue weighted by Gasteiger charge is -2.11. The van der Waals surface area contributed by atoms with Gasteiger partial charge in [-0.15, -0.1) is 0 Å². The van der Waals surface area contributed by atoms with E-state index >= 15 is 0 Å². The minimum Gasteiger partial charge on any atom is -0.478 e. The number of carboxylic acids is 1. The zero-order valence-electron chi connectivity index (χ0n) is 15.2. The average molecular weight is 397 g/mol. The summed E-state index contributed by atoms with van der Waals surface area (Å²) in [4.78, 5) is 27.3. The molecule has 0 fully saturated rings. The number of halogens is 1. The van der Waals surface area contributed by atoms with Crippen LogP contribution in [0.5, 0.6) is 0 Å². The Morgan fingerprint density at radius 3 is 2.68 bits per heavy atom. The van der Waals surface area contributed by atoms with Crippen LogP contribution in [-0.4, -0.2) is 32.7 Å². The van der Waals surface area contributed by atoms with Crippen molar-refractivity contribution in [2.45, 2.75) is 13.8 Å². The van der Waals surface area contributed by atoms with Crippen LogP contribution in [0, 0.1) is 13.8 Å². The van der Waals surface area contributed by atoms with Crippen molar-refractivity contribution < 1.29 is 14.7 Å². The van der Waals surface area contributed by atoms with Gasteiger partial charge in [0.25, 0.3) is 5.91 Å². The molecule has 142 valence electrons. The van der Waals surface area contributed by atoms with Gasteiger partial charge in [-0.3, -0.25) is 9.78 Å². The molecule has 0 bridgehead atoms. The fraction of sp³-hybridized carbons (Fsp3) is 0.100. The van der Waals surface area contributed by atoms with E-state index in [0.29, 0.717) is 5.69 Å². The number of aromatic nitrogens is 2. The molecule has 8 heteroatoms. The van der Waals surface area contributed by atoms with Crippen LogP contribution in [0.4, 0.5) is 0 Å². The topological polar surface area (TPSA) is 96.6 Å². The number of carboxylic acid groups (broad SMARTS) is 1. The third-order valence-corrected chi connectivity index (χ3v) is 4.51. The normalized spacial score (nSPS) is 11.0. The monoisotopic (exact) mass is 396 g/mol. The maximum atomic E-state index is 12.0. The molecule has 3 aromatic rings. The second-order valence-corrected chi connectivity index (χ2v) is 6.45. The van der Waals surface area contributed by atoms with Crippen molar-refractivity contribution in [1.82, 2.24) is 15.0 Å². The smallest absolute Gasteiger partial charge is 0.337 e. The summed E-state index contributed by atoms with van der Waals surface area (Å²) in [7, 11) is 0. The van der Waals surface area contributed by atoms with Gasteiger partial charge in [-0.25, -0.2) is 10.2 Å². The van der Waals surface area contributed by atoms with E-state index in [-0.39, 0.29) is 16.3 Å². The summed E-state index contributed by atoms with van der Waals surface area (Å²) in [5, 5.41) is 13.5. The van der Waals surface area contributed by atoms with E-state index < -0.39 is 11.9 Å². The Morgan fingerprint density at radius 2 is 2.00 bits per heavy atom. The standard InChI is InChI=1S/C20H17ClN4O3/c1-12-9-14(11-23-24-19(26)18-5-3-4-8-22-18)13(2)25(12)15-6-7-17(21)16(10-15)20(27)28/h3-11H,1-2H3,(H,24,26)(H,27,28)/b23-11-. The molecule has 2 N–H and O–H groups in total. The van der Waals surface area contributed by atoms with Crippen LogP contribution in [0.2, 0.25) is 5.02 Å². The highest BCUT2D eigenvalue weighted by atomic mass is 35.5. The molecule has 0 saturated carbocycles. The quantitative estimate of drug-likeness (QED) is 0.508. The molecule has 0 atom stereocenters. The Morgan fingerprint density at radius 1 is 1.21 bits per heavy atom. The van der Waals surface area contributed by atoms with Crippen LogP contribution in [-0.2, 0) is 0 Å². The van der Waals surface area contributed by atoms with E-state index in [9.17, 15) is 14.7 Å². The lowest BCUT2D eigenvalue weighted by molar-refractivity contribution is 0.0696. The molecule has 0 unspecified atom stereocenters. The Kier molecular flexibility index (Phi) is 5.56. The van der Waals surface area contributed by atoms with Crippen molar-refractivity contribution >= 4 is 29.7 Å². The van der Waals surface area contributed by atoms with Gasteiger partial charge < -0.3 is 9.67 Å². The summed E-state index contributed by atoms with van der Waals surface area (Å²) in [6.07, 6.45) is 3.07. The van der Waals surface area contributed by atoms with E-state index in [1.54, 1.807) is 30.3 Å². The van der Waals surface area contributed by atoms with Crippen LogP contribution in [0.15, 0.2) is 53.8 Å². The molecular weight excluding hydrogens is 380 g/mol. The fourth-order valence-corrected chi connectivity index (χ4v) is 3.05. The Labute approximate surface area is 166 Å². The number of benzene rings is 1. The molecular formula is C20H17ClN4O3. The minimum atomic E-state index is -1.09. The van der Waals surface area contributed by atoms with Gasteiger partial charge in [0.05, 0.1) is 16.8 Å². The first-order valence-electron chi connectivity index (χ1n) is 8.35. The number of hydrazone groups is 1. The molecule has 2 heterocycles. The lowest BCUT2D eigenvalue weighted by atomic mass is 10.2. The van der Waals surface area contributed by atoms with Gasteiger partial charge in [0.15, 0.2) is 0 Å². The largest absolute Gasteiger partial charge is 0.478 e. The molecule has 0 spiro atoms. The second kappa shape index (κ2) is 8.06. The number of rotatable bonds is 5. The average Bonchev–Trinajstić information content (AvgIpc) is 2.96. The second-order valence-electron chi connectivity index (χ2n) is 6.05. The van der Waals surface area contributed by atoms with Crippen molar-refractivity contribution in [2.75, 3.05) is 0 Å². The van der Waals surface area contributed by atoms with E-state index in [1.165, 1.54) is 18.5 Å². The fourth-order valence-electron chi connectivity index (χ4n) is 2.85. The van der Waals surface area contributed by atoms with Gasteiger partial charge in [0.1, 0.15) is 5.69 Å². The van der Waals surface area contributed by atoms with Gasteiger partial charge in [0.2, 0.25) is 0 Å². The molecule has 1 amide bonds. The molecule has 3 rings (SSSR count). The van der Waals surface area contributed by atoms with Crippen LogP contribution in [0.1, 0.15) is 37.8 Å². The summed E-state index contributed by atoms with van der Waals surface area (Å²) in [5.74, 6) is -1.50. The van der Waals surface area contributed by atoms with Gasteiger partial charge in [-0.05, 0) is 50.2 Å². The SMILES string of the molecule is Cc1cc(/C=N\NC(=O)c2ccccn2)c(C)n1-c1ccc(Cl)c(C(=O)O)c1. The van der Waals surface area contributed by atoms with Crippen molar-refractivity contribution in [1.29, 1.82) is 0 Å². The molecule has 7 nitrogen and oxygen atoms in total. The zero-order chi connectivity index (χ0) is 20.3. The van der Waals surface area contributed by atoms with Gasteiger partial charge in [0, 0.05) is 28.8 Å². The van der Waals surface area contributed by atoms with Gasteiger partial charge >= 0.3 is 5.97 Å². The van der Waals surface area contributed by atoms with Crippen molar-refractivity contribution in [2.24, 2.45) is 5.10 Å². The molecule has 0 aliphatic carbocycles. The third-order valence-electron chi connectivity index (χ3n) is 4.18. The van der Waals surface area contributed by atoms with Crippen molar-refractivity contribution in [3.8, 4) is 5.69 Å². The number of amides is 1. The highest BCUT2D eigenvalue weighted by Gasteiger charge is 2.14. The number of hydrogen-bond donors (Lipinski definition) is 2. The molecule has 1 aromatic carbocycles. The lowest BCUT2D eigenvalue weighted by Crippen LogP contribution is -2.18. The van der Waals surface area contributed by atoms with Crippen LogP contribution in [0.3, 0.4) is 0 Å². The predicted octanol–water partition coefficient (Wildman–Crippen LogP) is 3.60. The Bertz CT molecular complexity index is 1070. The first-order valence-corrected chi connectivity index (χ1v) is 8.73. The number of aromatic carboxylic acids is 1. The number of carbonyl (C=O) groups is 2. The number of nitrogens with zero attached hydrogens (tertiary/aromatic N) is 3. The van der Waals surface area contributed by atoms with Gasteiger partial charge in [-0.1, -0.05) is 17.7 Å². The highest BCUT2D eigenvalue weighted by molar-refractivity contribution is 6.33. The minimum absolute atomic E-state index is 0.0320. The first-order chi connectivity index (χ1) is 13.4. The van der Waals surface area contributed by atoms with Crippen LogP contribution >= 0.6 is 11.6 Å². The molecule has 2 aromatic heterocycles. The molecule has 0 radical (unpaired) electrons. The summed E-state index contributed by atoms with van der Waals surface area (Å²) in [6, 6.07) is 11.8. The number of pyridine rings is 1. The highest BCUT2D eigenvalue weighted by Crippen LogP contribution is 2.24. The molecule has 0 aliphatic heterocycles. The molecule has 0 aliphatic rings. The van der Waals surface area contributed by atoms with Crippen molar-refractivity contribution in [3.63, 3.8) is 0 Å². The van der Waals surface area contributed by atoms with Crippen LogP contribution < -0.4 is 5.43 Å². The van der Waals surface area contributed by atoms with E-state index in [2.05, 4.69) is 15.5 Å². The summed E-state index contributed by atoms with van der Waals surface area (Å²) in [6.45, 7) is 3.77. The number of hydrogen-bond acceptors (Lipinski definition) is 4. The summed E-state index contributed by atoms with van der Waals surface area (Å²) < 4.78 is 1.89. The van der Waals surface area contributed by atoms with Gasteiger partial charge in [-0.2, -0.15) is 5.10 Å². The molecule has 0 saturated heterocycles. The Hall–Kier alpha value is -3.45. The van der Waals surface area contributed by atoms with E-state index in [1.807, 2.05) is 24.5 Å². The summed E-state index contributed by atoms with van der Waals surface area (Å²) >= 11 is 5.96. The van der Waals surface area contributed by atoms with Crippen molar-refractivity contribution in [3.05, 3.63) is 81.9 Å². The number of aryl methyl sites for hydroxylation is 1. The Balaban J connectivity index is 1.85.